The third-order valence-corrected chi connectivity index (χ3v) is 2.09. The number of unbranched alkanes of at least 4 members (excludes halogenated alkanes) is 3. The molecule has 0 aliphatic carbocycles. The second-order valence-corrected chi connectivity index (χ2v) is 4.90. The smallest absolute Gasteiger partial charge is 0.466 e. The lowest BCUT2D eigenvalue weighted by Crippen LogP contribution is -2.01. The molecular formula is C11H23O7P. The SMILES string of the molecule is CCCCCCC(=CCCO)C(=O)O.O=P(O)(O)O. The van der Waals surface area contributed by atoms with Gasteiger partial charge in [0.25, 0.3) is 0 Å². The van der Waals surface area contributed by atoms with Gasteiger partial charge in [0, 0.05) is 12.2 Å². The van der Waals surface area contributed by atoms with Crippen LogP contribution in [0.4, 0.5) is 0 Å². The third-order valence-electron chi connectivity index (χ3n) is 2.09. The molecule has 0 aliphatic heterocycles. The molecule has 0 amide bonds. The van der Waals surface area contributed by atoms with Crippen molar-refractivity contribution in [2.24, 2.45) is 0 Å². The Hall–Kier alpha value is -0.720. The fourth-order valence-electron chi connectivity index (χ4n) is 1.28. The number of aliphatic hydroxyl groups is 1. The molecule has 0 fully saturated rings. The van der Waals surface area contributed by atoms with E-state index < -0.39 is 13.8 Å². The van der Waals surface area contributed by atoms with Gasteiger partial charge in [0.1, 0.15) is 0 Å². The lowest BCUT2D eigenvalue weighted by Gasteiger charge is -2.01. The van der Waals surface area contributed by atoms with Gasteiger partial charge in [-0.3, -0.25) is 0 Å². The Bertz CT molecular complexity index is 300. The van der Waals surface area contributed by atoms with Crippen molar-refractivity contribution in [1.82, 2.24) is 0 Å². The molecule has 0 unspecified atom stereocenters. The molecule has 19 heavy (non-hydrogen) atoms. The Balaban J connectivity index is 0. The molecule has 0 aromatic rings. The Morgan fingerprint density at radius 2 is 1.68 bits per heavy atom. The standard InChI is InChI=1S/C11H20O3.H3O4P/c1-2-3-4-5-7-10(11(13)14)8-6-9-12;1-5(2,3)4/h8,12H,2-7,9H2,1H3,(H,13,14);(H3,1,2,3,4). The van der Waals surface area contributed by atoms with Gasteiger partial charge in [-0.1, -0.05) is 32.3 Å². The molecule has 0 aromatic carbocycles. The van der Waals surface area contributed by atoms with E-state index >= 15 is 0 Å². The highest BCUT2D eigenvalue weighted by Gasteiger charge is 2.05. The summed E-state index contributed by atoms with van der Waals surface area (Å²) in [6, 6.07) is 0. The van der Waals surface area contributed by atoms with Gasteiger partial charge in [0.2, 0.25) is 0 Å². The quantitative estimate of drug-likeness (QED) is 0.260. The first kappa shape index (κ1) is 20.6. The van der Waals surface area contributed by atoms with Crippen LogP contribution in [0.2, 0.25) is 0 Å². The van der Waals surface area contributed by atoms with Crippen molar-refractivity contribution in [3.8, 4) is 0 Å². The van der Waals surface area contributed by atoms with Crippen molar-refractivity contribution in [3.05, 3.63) is 11.6 Å². The van der Waals surface area contributed by atoms with Gasteiger partial charge in [-0.15, -0.1) is 0 Å². The third kappa shape index (κ3) is 22.9. The van der Waals surface area contributed by atoms with Crippen LogP contribution in [0.1, 0.15) is 45.4 Å². The van der Waals surface area contributed by atoms with Gasteiger partial charge < -0.3 is 24.9 Å². The highest BCUT2D eigenvalue weighted by molar-refractivity contribution is 7.45. The molecule has 7 nitrogen and oxygen atoms in total. The summed E-state index contributed by atoms with van der Waals surface area (Å²) in [7, 11) is -4.64. The summed E-state index contributed by atoms with van der Waals surface area (Å²) in [5.41, 5.74) is 0.440. The monoisotopic (exact) mass is 298 g/mol. The summed E-state index contributed by atoms with van der Waals surface area (Å²) in [5, 5.41) is 17.4. The molecule has 0 saturated carbocycles. The molecule has 0 aromatic heterocycles. The van der Waals surface area contributed by atoms with Crippen LogP contribution in [-0.2, 0) is 9.36 Å². The second kappa shape index (κ2) is 12.3. The number of rotatable bonds is 8. The average molecular weight is 298 g/mol. The zero-order chi connectivity index (χ0) is 15.3. The van der Waals surface area contributed by atoms with Crippen LogP contribution in [-0.4, -0.2) is 37.5 Å². The summed E-state index contributed by atoms with van der Waals surface area (Å²) in [5.74, 6) is -0.852. The summed E-state index contributed by atoms with van der Waals surface area (Å²) < 4.78 is 8.88. The van der Waals surface area contributed by atoms with Crippen molar-refractivity contribution in [1.29, 1.82) is 0 Å². The topological polar surface area (TPSA) is 135 Å². The predicted molar refractivity (Wildman–Crippen MR) is 70.4 cm³/mol. The van der Waals surface area contributed by atoms with Crippen LogP contribution in [0.25, 0.3) is 0 Å². The first-order chi connectivity index (χ1) is 8.72. The molecule has 0 aliphatic rings. The fraction of sp³-hybridized carbons (Fsp3) is 0.727. The number of hydrogen-bond acceptors (Lipinski definition) is 3. The average Bonchev–Trinajstić information content (AvgIpc) is 2.25. The Morgan fingerprint density at radius 1 is 1.16 bits per heavy atom. The van der Waals surface area contributed by atoms with Crippen molar-refractivity contribution in [2.45, 2.75) is 45.4 Å². The normalized spacial score (nSPS) is 11.7. The van der Waals surface area contributed by atoms with E-state index in [0.717, 1.165) is 25.7 Å². The van der Waals surface area contributed by atoms with Crippen LogP contribution in [0, 0.1) is 0 Å². The number of carboxylic acid groups (broad SMARTS) is 1. The molecule has 8 heteroatoms. The molecule has 114 valence electrons. The van der Waals surface area contributed by atoms with Gasteiger partial charge in [-0.05, 0) is 19.3 Å². The van der Waals surface area contributed by atoms with E-state index in [1.54, 1.807) is 6.08 Å². The Morgan fingerprint density at radius 3 is 2.05 bits per heavy atom. The molecule has 0 heterocycles. The van der Waals surface area contributed by atoms with Crippen LogP contribution in [0.5, 0.6) is 0 Å². The number of aliphatic carboxylic acids is 1. The van der Waals surface area contributed by atoms with Crippen molar-refractivity contribution >= 4 is 13.8 Å². The number of aliphatic hydroxyl groups excluding tert-OH is 1. The van der Waals surface area contributed by atoms with E-state index in [1.807, 2.05) is 0 Å². The van der Waals surface area contributed by atoms with E-state index in [9.17, 15) is 4.79 Å². The highest BCUT2D eigenvalue weighted by atomic mass is 31.2. The van der Waals surface area contributed by atoms with Crippen molar-refractivity contribution in [3.63, 3.8) is 0 Å². The molecule has 0 saturated heterocycles. The predicted octanol–water partition coefficient (Wildman–Crippen LogP) is 1.42. The fourth-order valence-corrected chi connectivity index (χ4v) is 1.28. The molecule has 0 atom stereocenters. The maximum atomic E-state index is 10.7. The summed E-state index contributed by atoms with van der Waals surface area (Å²) >= 11 is 0. The molecule has 0 bridgehead atoms. The van der Waals surface area contributed by atoms with E-state index in [0.29, 0.717) is 18.4 Å². The molecular weight excluding hydrogens is 275 g/mol. The largest absolute Gasteiger partial charge is 0.478 e. The minimum absolute atomic E-state index is 0.0196. The number of carbonyl (C=O) groups is 1. The van der Waals surface area contributed by atoms with Crippen molar-refractivity contribution in [2.75, 3.05) is 6.61 Å². The second-order valence-electron chi connectivity index (χ2n) is 3.87. The maximum absolute atomic E-state index is 10.7. The van der Waals surface area contributed by atoms with Gasteiger partial charge in [0.15, 0.2) is 0 Å². The lowest BCUT2D eigenvalue weighted by molar-refractivity contribution is -0.132. The van der Waals surface area contributed by atoms with E-state index in [1.165, 1.54) is 0 Å². The van der Waals surface area contributed by atoms with Crippen LogP contribution >= 0.6 is 7.82 Å². The van der Waals surface area contributed by atoms with E-state index in [-0.39, 0.29) is 6.61 Å². The highest BCUT2D eigenvalue weighted by Crippen LogP contribution is 2.25. The maximum Gasteiger partial charge on any atom is 0.466 e. The van der Waals surface area contributed by atoms with Crippen molar-refractivity contribution < 1.29 is 34.3 Å². The van der Waals surface area contributed by atoms with Crippen LogP contribution in [0.15, 0.2) is 11.6 Å². The summed E-state index contributed by atoms with van der Waals surface area (Å²) in [6.45, 7) is 2.14. The van der Waals surface area contributed by atoms with Crippen LogP contribution in [0.3, 0.4) is 0 Å². The number of phosphoric acid groups is 1. The first-order valence-electron chi connectivity index (χ1n) is 6.03. The summed E-state index contributed by atoms with van der Waals surface area (Å²) in [6.07, 6.45) is 7.01. The Kier molecular flexibility index (Phi) is 13.4. The number of hydrogen-bond donors (Lipinski definition) is 5. The van der Waals surface area contributed by atoms with Gasteiger partial charge in [0.05, 0.1) is 0 Å². The minimum atomic E-state index is -4.64. The molecule has 0 rings (SSSR count). The molecule has 5 N–H and O–H groups in total. The minimum Gasteiger partial charge on any atom is -0.478 e. The van der Waals surface area contributed by atoms with Gasteiger partial charge in [-0.2, -0.15) is 0 Å². The van der Waals surface area contributed by atoms with Gasteiger partial charge in [-0.25, -0.2) is 9.36 Å². The first-order valence-corrected chi connectivity index (χ1v) is 7.60. The Labute approximate surface area is 112 Å². The van der Waals surface area contributed by atoms with E-state index in [4.69, 9.17) is 29.5 Å². The van der Waals surface area contributed by atoms with E-state index in [2.05, 4.69) is 6.92 Å². The zero-order valence-electron chi connectivity index (χ0n) is 11.0. The number of carboxylic acids is 1. The molecule has 0 radical (unpaired) electrons. The summed E-state index contributed by atoms with van der Waals surface area (Å²) in [4.78, 5) is 32.3. The zero-order valence-corrected chi connectivity index (χ0v) is 11.9. The van der Waals surface area contributed by atoms with Gasteiger partial charge >= 0.3 is 13.8 Å². The molecule has 0 spiro atoms. The lowest BCUT2D eigenvalue weighted by atomic mass is 10.1. The van der Waals surface area contributed by atoms with Crippen LogP contribution < -0.4 is 0 Å².